The van der Waals surface area contributed by atoms with Gasteiger partial charge in [0, 0.05) is 5.69 Å². The lowest BCUT2D eigenvalue weighted by molar-refractivity contribution is 0.0996. The van der Waals surface area contributed by atoms with Gasteiger partial charge in [-0.3, -0.25) is 9.52 Å². The Hall–Kier alpha value is -2.29. The van der Waals surface area contributed by atoms with E-state index in [0.29, 0.717) is 15.7 Å². The van der Waals surface area contributed by atoms with Crippen molar-refractivity contribution in [3.63, 3.8) is 0 Å². The second-order valence-corrected chi connectivity index (χ2v) is 8.30. The number of benzene rings is 1. The summed E-state index contributed by atoms with van der Waals surface area (Å²) in [5.74, 6) is -0.265. The van der Waals surface area contributed by atoms with E-state index >= 15 is 0 Å². The van der Waals surface area contributed by atoms with Gasteiger partial charge in [0.25, 0.3) is 15.9 Å². The summed E-state index contributed by atoms with van der Waals surface area (Å²) in [4.78, 5) is 11.9. The Morgan fingerprint density at radius 1 is 1.08 bits per heavy atom. The fourth-order valence-electron chi connectivity index (χ4n) is 1.91. The Labute approximate surface area is 147 Å². The van der Waals surface area contributed by atoms with Crippen molar-refractivity contribution in [3.8, 4) is 0 Å². The van der Waals surface area contributed by atoms with Gasteiger partial charge in [-0.15, -0.1) is 11.3 Å². The number of hydrogen-bond donors (Lipinski definition) is 2. The molecule has 0 aliphatic carbocycles. The van der Waals surface area contributed by atoms with Crippen molar-refractivity contribution in [3.05, 3.63) is 64.9 Å². The predicted octanol–water partition coefficient (Wildman–Crippen LogP) is 4.05. The molecule has 0 aliphatic heterocycles. The van der Waals surface area contributed by atoms with E-state index in [9.17, 15) is 13.2 Å². The quantitative estimate of drug-likeness (QED) is 0.696. The van der Waals surface area contributed by atoms with Crippen molar-refractivity contribution in [2.24, 2.45) is 0 Å². The molecule has 0 unspecified atom stereocenters. The Balaban J connectivity index is 1.77. The molecule has 0 spiro atoms. The summed E-state index contributed by atoms with van der Waals surface area (Å²) < 4.78 is 32.5. The minimum atomic E-state index is -3.73. The summed E-state index contributed by atoms with van der Waals surface area (Å²) in [6.45, 7) is 0. The second kappa shape index (κ2) is 6.68. The number of rotatable bonds is 5. The molecule has 6 nitrogen and oxygen atoms in total. The third-order valence-electron chi connectivity index (χ3n) is 2.93. The molecule has 9 heteroatoms. The topological polar surface area (TPSA) is 88.4 Å². The van der Waals surface area contributed by atoms with Gasteiger partial charge in [0.1, 0.15) is 4.21 Å². The zero-order valence-electron chi connectivity index (χ0n) is 12.0. The van der Waals surface area contributed by atoms with Crippen LogP contribution in [-0.4, -0.2) is 14.3 Å². The van der Waals surface area contributed by atoms with Crippen LogP contribution in [0.15, 0.2) is 63.4 Å². The Morgan fingerprint density at radius 2 is 1.88 bits per heavy atom. The molecule has 2 N–H and O–H groups in total. The van der Waals surface area contributed by atoms with Crippen molar-refractivity contribution in [2.45, 2.75) is 4.21 Å². The highest BCUT2D eigenvalue weighted by molar-refractivity contribution is 7.94. The molecule has 124 valence electrons. The first-order chi connectivity index (χ1) is 11.4. The highest BCUT2D eigenvalue weighted by atomic mass is 35.5. The number of hydrogen-bond acceptors (Lipinski definition) is 5. The van der Waals surface area contributed by atoms with Crippen molar-refractivity contribution >= 4 is 50.2 Å². The second-order valence-electron chi connectivity index (χ2n) is 4.68. The first-order valence-corrected chi connectivity index (χ1v) is 9.35. The van der Waals surface area contributed by atoms with Crippen LogP contribution < -0.4 is 10.0 Å². The van der Waals surface area contributed by atoms with E-state index in [4.69, 9.17) is 16.0 Å². The molecule has 0 radical (unpaired) electrons. The molecule has 2 heterocycles. The molecule has 0 saturated heterocycles. The number of nitrogens with one attached hydrogen (secondary N) is 2. The van der Waals surface area contributed by atoms with Gasteiger partial charge in [0.15, 0.2) is 5.76 Å². The van der Waals surface area contributed by atoms with Crippen LogP contribution in [0, 0.1) is 0 Å². The molecule has 0 aliphatic rings. The number of carbonyl (C=O) groups excluding carboxylic acids is 1. The molecule has 0 fully saturated rings. The van der Waals surface area contributed by atoms with E-state index in [1.165, 1.54) is 30.5 Å². The normalized spacial score (nSPS) is 11.2. The number of carbonyl (C=O) groups is 1. The van der Waals surface area contributed by atoms with Crippen molar-refractivity contribution in [2.75, 3.05) is 10.0 Å². The van der Waals surface area contributed by atoms with Crippen LogP contribution >= 0.6 is 22.9 Å². The summed E-state index contributed by atoms with van der Waals surface area (Å²) in [6, 6.07) is 12.4. The zero-order chi connectivity index (χ0) is 17.2. The Bertz CT molecular complexity index is 965. The largest absolute Gasteiger partial charge is 0.459 e. The molecular formula is C15H11ClN2O4S2. The maximum Gasteiger partial charge on any atom is 0.291 e. The van der Waals surface area contributed by atoms with Gasteiger partial charge in [0.05, 0.1) is 16.3 Å². The Kier molecular flexibility index (Phi) is 4.61. The fourth-order valence-corrected chi connectivity index (χ4v) is 4.44. The first kappa shape index (κ1) is 16.6. The van der Waals surface area contributed by atoms with Crippen molar-refractivity contribution in [1.82, 2.24) is 0 Å². The van der Waals surface area contributed by atoms with Crippen molar-refractivity contribution in [1.29, 1.82) is 0 Å². The van der Waals surface area contributed by atoms with E-state index in [1.807, 2.05) is 0 Å². The van der Waals surface area contributed by atoms with Crippen LogP contribution in [0.25, 0.3) is 0 Å². The van der Waals surface area contributed by atoms with Crippen LogP contribution in [0.4, 0.5) is 11.4 Å². The monoisotopic (exact) mass is 382 g/mol. The van der Waals surface area contributed by atoms with Gasteiger partial charge < -0.3 is 9.73 Å². The molecule has 1 amide bonds. The van der Waals surface area contributed by atoms with Crippen LogP contribution in [0.1, 0.15) is 10.6 Å². The summed E-state index contributed by atoms with van der Waals surface area (Å²) in [7, 11) is -3.73. The summed E-state index contributed by atoms with van der Waals surface area (Å²) >= 11 is 6.73. The van der Waals surface area contributed by atoms with Gasteiger partial charge in [0.2, 0.25) is 0 Å². The molecule has 24 heavy (non-hydrogen) atoms. The number of anilines is 2. The molecular weight excluding hydrogens is 372 g/mol. The average Bonchev–Trinajstić information content (AvgIpc) is 3.18. The molecule has 0 saturated carbocycles. The number of halogens is 1. The molecule has 3 rings (SSSR count). The van der Waals surface area contributed by atoms with E-state index < -0.39 is 15.9 Å². The summed E-state index contributed by atoms with van der Waals surface area (Å²) in [5.41, 5.74) is 0.748. The minimum absolute atomic E-state index is 0.109. The van der Waals surface area contributed by atoms with Crippen molar-refractivity contribution < 1.29 is 17.6 Å². The molecule has 0 atom stereocenters. The molecule has 2 aromatic heterocycles. The third kappa shape index (κ3) is 3.78. The molecule has 1 aromatic carbocycles. The third-order valence-corrected chi connectivity index (χ3v) is 6.04. The number of furan rings is 1. The number of thiophene rings is 1. The van der Waals surface area contributed by atoms with Gasteiger partial charge in [-0.25, -0.2) is 8.42 Å². The minimum Gasteiger partial charge on any atom is -0.459 e. The van der Waals surface area contributed by atoms with E-state index in [-0.39, 0.29) is 9.97 Å². The lowest BCUT2D eigenvalue weighted by Crippen LogP contribution is -2.13. The average molecular weight is 383 g/mol. The Morgan fingerprint density at radius 3 is 2.54 bits per heavy atom. The summed E-state index contributed by atoms with van der Waals surface area (Å²) in [6.07, 6.45) is 1.39. The maximum atomic E-state index is 12.3. The first-order valence-electron chi connectivity index (χ1n) is 6.67. The lowest BCUT2D eigenvalue weighted by atomic mass is 10.3. The summed E-state index contributed by atoms with van der Waals surface area (Å²) in [5, 5.41) is 2.63. The van der Waals surface area contributed by atoms with E-state index in [0.717, 1.165) is 11.3 Å². The van der Waals surface area contributed by atoms with Gasteiger partial charge >= 0.3 is 0 Å². The fraction of sp³-hybridized carbons (Fsp3) is 0. The van der Waals surface area contributed by atoms with Crippen LogP contribution in [0.3, 0.4) is 0 Å². The maximum absolute atomic E-state index is 12.3. The van der Waals surface area contributed by atoms with Crippen LogP contribution in [0.5, 0.6) is 0 Å². The van der Waals surface area contributed by atoms with E-state index in [2.05, 4.69) is 10.0 Å². The standard InChI is InChI=1S/C15H11ClN2O4S2/c16-13-6-7-14(23-13)24(20,21)18-11-4-1-3-10(9-11)17-15(19)12-5-2-8-22-12/h1-9,18H,(H,17,19). The van der Waals surface area contributed by atoms with Gasteiger partial charge in [-0.05, 0) is 42.5 Å². The van der Waals surface area contributed by atoms with Gasteiger partial charge in [-0.1, -0.05) is 17.7 Å². The number of amides is 1. The van der Waals surface area contributed by atoms with Crippen LogP contribution in [-0.2, 0) is 10.0 Å². The van der Waals surface area contributed by atoms with Gasteiger partial charge in [-0.2, -0.15) is 0 Å². The highest BCUT2D eigenvalue weighted by Gasteiger charge is 2.17. The smallest absolute Gasteiger partial charge is 0.291 e. The lowest BCUT2D eigenvalue weighted by Gasteiger charge is -2.09. The zero-order valence-corrected chi connectivity index (χ0v) is 14.4. The van der Waals surface area contributed by atoms with Crippen LogP contribution in [0.2, 0.25) is 4.34 Å². The molecule has 3 aromatic rings. The SMILES string of the molecule is O=C(Nc1cccc(NS(=O)(=O)c2ccc(Cl)s2)c1)c1ccco1. The number of sulfonamides is 1. The predicted molar refractivity (Wildman–Crippen MR) is 93.2 cm³/mol. The highest BCUT2D eigenvalue weighted by Crippen LogP contribution is 2.27. The molecule has 0 bridgehead atoms. The van der Waals surface area contributed by atoms with E-state index in [1.54, 1.807) is 24.3 Å².